The van der Waals surface area contributed by atoms with Gasteiger partial charge in [-0.05, 0) is 54.8 Å². The Morgan fingerprint density at radius 2 is 2.03 bits per heavy atom. The van der Waals surface area contributed by atoms with Crippen LogP contribution in [0.2, 0.25) is 0 Å². The Balaban J connectivity index is 1.48. The molecule has 5 rings (SSSR count). The lowest BCUT2D eigenvalue weighted by Crippen LogP contribution is -2.26. The Morgan fingerprint density at radius 3 is 2.72 bits per heavy atom. The minimum atomic E-state index is 0.477. The van der Waals surface area contributed by atoms with Gasteiger partial charge in [-0.3, -0.25) is 0 Å². The van der Waals surface area contributed by atoms with Gasteiger partial charge >= 0.3 is 0 Å². The molecule has 7 nitrogen and oxygen atoms in total. The summed E-state index contributed by atoms with van der Waals surface area (Å²) < 4.78 is 6.97. The summed E-state index contributed by atoms with van der Waals surface area (Å²) in [6.45, 7) is 1.75. The van der Waals surface area contributed by atoms with Gasteiger partial charge in [0.2, 0.25) is 5.82 Å². The molecule has 0 amide bonds. The number of anilines is 2. The molecule has 0 radical (unpaired) electrons. The molecule has 0 atom stereocenters. The largest absolute Gasteiger partial charge is 0.461 e. The molecule has 0 aliphatic heterocycles. The van der Waals surface area contributed by atoms with E-state index in [9.17, 15) is 0 Å². The van der Waals surface area contributed by atoms with Crippen molar-refractivity contribution in [1.82, 2.24) is 19.6 Å². The van der Waals surface area contributed by atoms with Crippen LogP contribution in [-0.2, 0) is 6.54 Å². The van der Waals surface area contributed by atoms with E-state index in [4.69, 9.17) is 15.1 Å². The number of benzene rings is 1. The van der Waals surface area contributed by atoms with Crippen molar-refractivity contribution < 1.29 is 4.42 Å². The molecule has 1 fully saturated rings. The summed E-state index contributed by atoms with van der Waals surface area (Å²) in [7, 11) is 0. The number of rotatable bonds is 7. The van der Waals surface area contributed by atoms with E-state index in [2.05, 4.69) is 45.5 Å². The Hall–Kier alpha value is -3.00. The SMILES string of the molecule is CSc1ccc(CN(CC2CC2)c2cc(N)n3nc(-c4ccco4)nc3n2)cc1. The number of furan rings is 1. The van der Waals surface area contributed by atoms with Gasteiger partial charge in [-0.1, -0.05) is 12.1 Å². The zero-order chi connectivity index (χ0) is 19.8. The molecule has 1 aliphatic rings. The molecular weight excluding hydrogens is 384 g/mol. The van der Waals surface area contributed by atoms with E-state index in [1.54, 1.807) is 22.5 Å². The number of thioether (sulfide) groups is 1. The van der Waals surface area contributed by atoms with Gasteiger partial charge in [0.05, 0.1) is 6.26 Å². The second-order valence-corrected chi connectivity index (χ2v) is 8.22. The standard InChI is InChI=1S/C21H22N6OS/c1-29-16-8-6-15(7-9-16)13-26(12-14-4-5-14)19-11-18(22)27-21(23-19)24-20(25-27)17-3-2-10-28-17/h2-3,6-11,14H,4-5,12-13,22H2,1H3. The maximum Gasteiger partial charge on any atom is 0.256 e. The van der Waals surface area contributed by atoms with E-state index in [0.29, 0.717) is 23.2 Å². The predicted octanol–water partition coefficient (Wildman–Crippen LogP) is 4.11. The third-order valence-electron chi connectivity index (χ3n) is 5.10. The van der Waals surface area contributed by atoms with Gasteiger partial charge in [0.25, 0.3) is 5.78 Å². The van der Waals surface area contributed by atoms with Crippen LogP contribution in [0.1, 0.15) is 18.4 Å². The molecule has 4 aromatic rings. The smallest absolute Gasteiger partial charge is 0.256 e. The molecule has 3 aromatic heterocycles. The van der Waals surface area contributed by atoms with Gasteiger partial charge in [0.1, 0.15) is 11.6 Å². The van der Waals surface area contributed by atoms with Gasteiger partial charge in [-0.15, -0.1) is 16.9 Å². The summed E-state index contributed by atoms with van der Waals surface area (Å²) >= 11 is 1.75. The molecular formula is C21H22N6OS. The Kier molecular flexibility index (Phi) is 4.63. The van der Waals surface area contributed by atoms with Gasteiger partial charge in [-0.2, -0.15) is 14.5 Å². The average molecular weight is 407 g/mol. The van der Waals surface area contributed by atoms with Crippen molar-refractivity contribution in [3.8, 4) is 11.6 Å². The van der Waals surface area contributed by atoms with Crippen molar-refractivity contribution in [2.24, 2.45) is 5.92 Å². The maximum atomic E-state index is 6.30. The molecule has 8 heteroatoms. The third kappa shape index (κ3) is 3.80. The summed E-state index contributed by atoms with van der Waals surface area (Å²) in [4.78, 5) is 12.8. The summed E-state index contributed by atoms with van der Waals surface area (Å²) in [5.41, 5.74) is 7.55. The number of nitrogens with two attached hydrogens (primary N) is 1. The van der Waals surface area contributed by atoms with Gasteiger partial charge in [0, 0.05) is 24.1 Å². The molecule has 0 spiro atoms. The van der Waals surface area contributed by atoms with Crippen LogP contribution >= 0.6 is 11.8 Å². The molecule has 29 heavy (non-hydrogen) atoms. The first-order valence-corrected chi connectivity index (χ1v) is 10.9. The molecule has 1 saturated carbocycles. The van der Waals surface area contributed by atoms with Crippen LogP contribution in [0.5, 0.6) is 0 Å². The second kappa shape index (κ2) is 7.44. The van der Waals surface area contributed by atoms with Crippen molar-refractivity contribution in [3.05, 3.63) is 54.3 Å². The monoisotopic (exact) mass is 406 g/mol. The molecule has 0 saturated heterocycles. The van der Waals surface area contributed by atoms with E-state index in [1.807, 2.05) is 18.2 Å². The van der Waals surface area contributed by atoms with Crippen LogP contribution in [0.15, 0.2) is 58.0 Å². The third-order valence-corrected chi connectivity index (χ3v) is 5.84. The van der Waals surface area contributed by atoms with Crippen LogP contribution in [0.4, 0.5) is 11.6 Å². The number of nitrogen functional groups attached to an aromatic ring is 1. The van der Waals surface area contributed by atoms with Crippen molar-refractivity contribution in [1.29, 1.82) is 0 Å². The Bertz CT molecular complexity index is 1120. The average Bonchev–Trinajstić information content (AvgIpc) is 3.19. The minimum Gasteiger partial charge on any atom is -0.461 e. The van der Waals surface area contributed by atoms with E-state index in [-0.39, 0.29) is 0 Å². The van der Waals surface area contributed by atoms with Gasteiger partial charge in [0.15, 0.2) is 5.76 Å². The van der Waals surface area contributed by atoms with Crippen LogP contribution in [0.3, 0.4) is 0 Å². The van der Waals surface area contributed by atoms with E-state index in [0.717, 1.165) is 24.8 Å². The fourth-order valence-electron chi connectivity index (χ4n) is 3.35. The Labute approximate surface area is 172 Å². The number of fused-ring (bicyclic) bond motifs is 1. The number of hydrogen-bond donors (Lipinski definition) is 1. The first-order valence-electron chi connectivity index (χ1n) is 9.64. The van der Waals surface area contributed by atoms with Crippen LogP contribution < -0.4 is 10.6 Å². The highest BCUT2D eigenvalue weighted by Crippen LogP contribution is 2.32. The first kappa shape index (κ1) is 18.1. The second-order valence-electron chi connectivity index (χ2n) is 7.34. The van der Waals surface area contributed by atoms with Crippen LogP contribution in [0, 0.1) is 5.92 Å². The quantitative estimate of drug-likeness (QED) is 0.462. The number of hydrogen-bond acceptors (Lipinski definition) is 7. The highest BCUT2D eigenvalue weighted by Gasteiger charge is 2.26. The lowest BCUT2D eigenvalue weighted by atomic mass is 10.2. The lowest BCUT2D eigenvalue weighted by molar-refractivity contribution is 0.577. The fraction of sp³-hybridized carbons (Fsp3) is 0.286. The topological polar surface area (TPSA) is 85.5 Å². The molecule has 1 aliphatic carbocycles. The van der Waals surface area contributed by atoms with Gasteiger partial charge < -0.3 is 15.1 Å². The molecule has 0 unspecified atom stereocenters. The van der Waals surface area contributed by atoms with E-state index in [1.165, 1.54) is 23.3 Å². The number of aromatic nitrogens is 4. The first-order chi connectivity index (χ1) is 14.2. The zero-order valence-electron chi connectivity index (χ0n) is 16.2. The van der Waals surface area contributed by atoms with Crippen LogP contribution in [-0.4, -0.2) is 32.4 Å². The molecule has 148 valence electrons. The summed E-state index contributed by atoms with van der Waals surface area (Å²) in [5, 5.41) is 4.44. The summed E-state index contributed by atoms with van der Waals surface area (Å²) in [5.74, 6) is 3.61. The normalized spacial score (nSPS) is 13.8. The number of nitrogens with zero attached hydrogens (tertiary/aromatic N) is 5. The van der Waals surface area contributed by atoms with E-state index < -0.39 is 0 Å². The predicted molar refractivity (Wildman–Crippen MR) is 115 cm³/mol. The lowest BCUT2D eigenvalue weighted by Gasteiger charge is -2.24. The molecule has 0 bridgehead atoms. The maximum absolute atomic E-state index is 6.30. The highest BCUT2D eigenvalue weighted by molar-refractivity contribution is 7.98. The van der Waals surface area contributed by atoms with Crippen molar-refractivity contribution in [2.75, 3.05) is 23.4 Å². The highest BCUT2D eigenvalue weighted by atomic mass is 32.2. The summed E-state index contributed by atoms with van der Waals surface area (Å²) in [6.07, 6.45) is 6.23. The van der Waals surface area contributed by atoms with Crippen molar-refractivity contribution in [3.63, 3.8) is 0 Å². The van der Waals surface area contributed by atoms with Crippen LogP contribution in [0.25, 0.3) is 17.4 Å². The molecule has 2 N–H and O–H groups in total. The van der Waals surface area contributed by atoms with E-state index >= 15 is 0 Å². The minimum absolute atomic E-state index is 0.477. The fourth-order valence-corrected chi connectivity index (χ4v) is 3.76. The van der Waals surface area contributed by atoms with Crippen molar-refractivity contribution in [2.45, 2.75) is 24.3 Å². The molecule has 3 heterocycles. The zero-order valence-corrected chi connectivity index (χ0v) is 17.0. The van der Waals surface area contributed by atoms with Crippen molar-refractivity contribution >= 4 is 29.2 Å². The molecule has 1 aromatic carbocycles. The Morgan fingerprint density at radius 1 is 1.21 bits per heavy atom. The van der Waals surface area contributed by atoms with Gasteiger partial charge in [-0.25, -0.2) is 0 Å². The summed E-state index contributed by atoms with van der Waals surface area (Å²) in [6, 6.07) is 14.2.